The zero-order chi connectivity index (χ0) is 9.19. The Hall–Kier alpha value is -1.08. The molecule has 1 rings (SSSR count). The van der Waals surface area contributed by atoms with Crippen molar-refractivity contribution in [3.63, 3.8) is 0 Å². The molecule has 1 aromatic carbocycles. The van der Waals surface area contributed by atoms with Crippen LogP contribution in [0.2, 0.25) is 0 Å². The summed E-state index contributed by atoms with van der Waals surface area (Å²) in [7, 11) is 0. The van der Waals surface area contributed by atoms with Crippen LogP contribution in [0.1, 0.15) is 18.1 Å². The van der Waals surface area contributed by atoms with Gasteiger partial charge in [0.05, 0.1) is 0 Å². The average Bonchev–Trinajstić information content (AvgIpc) is 2.05. The molecule has 0 saturated heterocycles. The Bertz CT molecular complexity index is 270. The molecule has 0 amide bonds. The standard InChI is InChI=1S/C11H14O/c1-4-11(3,12)10-7-5-9(2)6-8-10/h4-8,12H,1H2,2-3H3/t11-/m0/s1. The fraction of sp³-hybridized carbons (Fsp3) is 0.273. The highest BCUT2D eigenvalue weighted by Gasteiger charge is 2.17. The minimum atomic E-state index is -0.909. The molecule has 1 atom stereocenters. The summed E-state index contributed by atoms with van der Waals surface area (Å²) < 4.78 is 0. The van der Waals surface area contributed by atoms with E-state index in [1.54, 1.807) is 6.92 Å². The van der Waals surface area contributed by atoms with Crippen LogP contribution in [0.25, 0.3) is 0 Å². The van der Waals surface area contributed by atoms with Gasteiger partial charge in [0.1, 0.15) is 5.60 Å². The van der Waals surface area contributed by atoms with Crippen molar-refractivity contribution >= 4 is 0 Å². The maximum Gasteiger partial charge on any atom is 0.105 e. The lowest BCUT2D eigenvalue weighted by Crippen LogP contribution is -2.16. The predicted octanol–water partition coefficient (Wildman–Crippen LogP) is 2.39. The second kappa shape index (κ2) is 3.11. The van der Waals surface area contributed by atoms with Crippen molar-refractivity contribution in [2.45, 2.75) is 19.4 Å². The summed E-state index contributed by atoms with van der Waals surface area (Å²) in [6.07, 6.45) is 1.54. The van der Waals surface area contributed by atoms with Crippen LogP contribution < -0.4 is 0 Å². The molecule has 1 heteroatoms. The zero-order valence-electron chi connectivity index (χ0n) is 7.54. The summed E-state index contributed by atoms with van der Waals surface area (Å²) in [5, 5.41) is 9.77. The highest BCUT2D eigenvalue weighted by Crippen LogP contribution is 2.21. The molecule has 12 heavy (non-hydrogen) atoms. The number of hydrogen-bond acceptors (Lipinski definition) is 1. The van der Waals surface area contributed by atoms with Crippen LogP contribution in [0.5, 0.6) is 0 Å². The van der Waals surface area contributed by atoms with E-state index in [2.05, 4.69) is 6.58 Å². The molecule has 0 radical (unpaired) electrons. The average molecular weight is 162 g/mol. The summed E-state index contributed by atoms with van der Waals surface area (Å²) in [5.74, 6) is 0. The van der Waals surface area contributed by atoms with Gasteiger partial charge in [-0.15, -0.1) is 0 Å². The van der Waals surface area contributed by atoms with E-state index in [1.807, 2.05) is 31.2 Å². The minimum Gasteiger partial charge on any atom is -0.381 e. The monoisotopic (exact) mass is 162 g/mol. The first kappa shape index (κ1) is 9.01. The van der Waals surface area contributed by atoms with Gasteiger partial charge < -0.3 is 5.11 Å². The Balaban J connectivity index is 3.04. The minimum absolute atomic E-state index is 0.878. The number of aliphatic hydroxyl groups is 1. The van der Waals surface area contributed by atoms with Crippen molar-refractivity contribution in [2.24, 2.45) is 0 Å². The van der Waals surface area contributed by atoms with Gasteiger partial charge in [-0.2, -0.15) is 0 Å². The molecular formula is C11H14O. The van der Waals surface area contributed by atoms with Crippen molar-refractivity contribution in [3.8, 4) is 0 Å². The molecule has 0 saturated carbocycles. The van der Waals surface area contributed by atoms with Gasteiger partial charge in [-0.25, -0.2) is 0 Å². The summed E-state index contributed by atoms with van der Waals surface area (Å²) in [5.41, 5.74) is 1.16. The first-order valence-electron chi connectivity index (χ1n) is 3.99. The van der Waals surface area contributed by atoms with Crippen molar-refractivity contribution in [1.82, 2.24) is 0 Å². The van der Waals surface area contributed by atoms with Crippen molar-refractivity contribution in [3.05, 3.63) is 48.0 Å². The first-order chi connectivity index (χ1) is 5.56. The third-order valence-electron chi connectivity index (χ3n) is 2.03. The number of aryl methyl sites for hydroxylation is 1. The maximum absolute atomic E-state index is 9.77. The second-order valence-electron chi connectivity index (χ2n) is 3.22. The molecule has 1 N–H and O–H groups in total. The largest absolute Gasteiger partial charge is 0.381 e. The van der Waals surface area contributed by atoms with E-state index in [9.17, 15) is 5.11 Å². The predicted molar refractivity (Wildman–Crippen MR) is 50.9 cm³/mol. The SMILES string of the molecule is C=C[C@](C)(O)c1ccc(C)cc1. The van der Waals surface area contributed by atoms with E-state index in [-0.39, 0.29) is 0 Å². The van der Waals surface area contributed by atoms with Gasteiger partial charge in [0.2, 0.25) is 0 Å². The number of rotatable bonds is 2. The van der Waals surface area contributed by atoms with Gasteiger partial charge in [-0.1, -0.05) is 42.5 Å². The van der Waals surface area contributed by atoms with E-state index >= 15 is 0 Å². The summed E-state index contributed by atoms with van der Waals surface area (Å²) >= 11 is 0. The summed E-state index contributed by atoms with van der Waals surface area (Å²) in [6.45, 7) is 7.33. The molecule has 0 unspecified atom stereocenters. The van der Waals surface area contributed by atoms with Gasteiger partial charge in [0, 0.05) is 0 Å². The molecule has 0 spiro atoms. The molecule has 0 heterocycles. The second-order valence-corrected chi connectivity index (χ2v) is 3.22. The van der Waals surface area contributed by atoms with Gasteiger partial charge in [-0.3, -0.25) is 0 Å². The van der Waals surface area contributed by atoms with Crippen molar-refractivity contribution in [2.75, 3.05) is 0 Å². The van der Waals surface area contributed by atoms with Crippen LogP contribution in [0.15, 0.2) is 36.9 Å². The fourth-order valence-corrected chi connectivity index (χ4v) is 1.01. The first-order valence-corrected chi connectivity index (χ1v) is 3.99. The normalized spacial score (nSPS) is 15.2. The topological polar surface area (TPSA) is 20.2 Å². The van der Waals surface area contributed by atoms with E-state index in [4.69, 9.17) is 0 Å². The van der Waals surface area contributed by atoms with Crippen LogP contribution in [-0.2, 0) is 5.60 Å². The molecule has 64 valence electrons. The van der Waals surface area contributed by atoms with Crippen LogP contribution in [0.4, 0.5) is 0 Å². The van der Waals surface area contributed by atoms with Crippen molar-refractivity contribution < 1.29 is 5.11 Å². The molecule has 0 bridgehead atoms. The molecule has 0 aromatic heterocycles. The van der Waals surface area contributed by atoms with Crippen molar-refractivity contribution in [1.29, 1.82) is 0 Å². The van der Waals surface area contributed by atoms with Crippen LogP contribution >= 0.6 is 0 Å². The Morgan fingerprint density at radius 2 is 1.83 bits per heavy atom. The van der Waals surface area contributed by atoms with Crippen LogP contribution in [0.3, 0.4) is 0 Å². The van der Waals surface area contributed by atoms with E-state index in [0.29, 0.717) is 0 Å². The molecule has 0 aliphatic carbocycles. The van der Waals surface area contributed by atoms with Gasteiger partial charge in [0.25, 0.3) is 0 Å². The maximum atomic E-state index is 9.77. The lowest BCUT2D eigenvalue weighted by Gasteiger charge is -2.18. The van der Waals surface area contributed by atoms with Gasteiger partial charge in [-0.05, 0) is 19.4 Å². The smallest absolute Gasteiger partial charge is 0.105 e. The van der Waals surface area contributed by atoms with Gasteiger partial charge >= 0.3 is 0 Å². The third kappa shape index (κ3) is 1.74. The number of hydrogen-bond donors (Lipinski definition) is 1. The molecule has 0 fully saturated rings. The quantitative estimate of drug-likeness (QED) is 0.662. The molecule has 0 aliphatic rings. The summed E-state index contributed by atoms with van der Waals surface area (Å²) in [6, 6.07) is 7.79. The van der Waals surface area contributed by atoms with E-state index in [0.717, 1.165) is 5.56 Å². The highest BCUT2D eigenvalue weighted by molar-refractivity contribution is 5.28. The molecular weight excluding hydrogens is 148 g/mol. The Morgan fingerprint density at radius 1 is 1.33 bits per heavy atom. The Kier molecular flexibility index (Phi) is 2.34. The Labute approximate surface area is 73.4 Å². The highest BCUT2D eigenvalue weighted by atomic mass is 16.3. The van der Waals surface area contributed by atoms with E-state index < -0.39 is 5.60 Å². The van der Waals surface area contributed by atoms with Gasteiger partial charge in [0.15, 0.2) is 0 Å². The molecule has 1 nitrogen and oxygen atoms in total. The van der Waals surface area contributed by atoms with Crippen LogP contribution in [0, 0.1) is 6.92 Å². The third-order valence-corrected chi connectivity index (χ3v) is 2.03. The van der Waals surface area contributed by atoms with Crippen LogP contribution in [-0.4, -0.2) is 5.11 Å². The lowest BCUT2D eigenvalue weighted by atomic mass is 9.96. The lowest BCUT2D eigenvalue weighted by molar-refractivity contribution is 0.111. The summed E-state index contributed by atoms with van der Waals surface area (Å²) in [4.78, 5) is 0. The zero-order valence-corrected chi connectivity index (χ0v) is 7.54. The molecule has 0 aliphatic heterocycles. The number of benzene rings is 1. The Morgan fingerprint density at radius 3 is 2.25 bits per heavy atom. The van der Waals surface area contributed by atoms with E-state index in [1.165, 1.54) is 11.6 Å². The fourth-order valence-electron chi connectivity index (χ4n) is 1.01. The molecule has 1 aromatic rings.